The minimum absolute atomic E-state index is 0.435. The third-order valence-corrected chi connectivity index (χ3v) is 1.44. The topological polar surface area (TPSA) is 67.3 Å². The maximum Gasteiger partial charge on any atom is 0.0695 e. The molecule has 0 spiro atoms. The predicted octanol–water partition coefficient (Wildman–Crippen LogP) is -1.44. The minimum Gasteiger partial charge on any atom is -0.403 e. The Labute approximate surface area is 54.5 Å². The van der Waals surface area contributed by atoms with Crippen LogP contribution >= 0.6 is 0 Å². The summed E-state index contributed by atoms with van der Waals surface area (Å²) in [6.45, 7) is 1.92. The van der Waals surface area contributed by atoms with Crippen molar-refractivity contribution in [2.75, 3.05) is 13.1 Å². The Balaban J connectivity index is 2.23. The molecule has 0 radical (unpaired) electrons. The fraction of sp³-hybridized carbons (Fsp3) is 0.600. The zero-order valence-corrected chi connectivity index (χ0v) is 5.25. The lowest BCUT2D eigenvalue weighted by Crippen LogP contribution is -2.57. The second-order valence-corrected chi connectivity index (χ2v) is 2.10. The van der Waals surface area contributed by atoms with Crippen molar-refractivity contribution in [1.82, 2.24) is 10.3 Å². The molecular formula is C5H12N4. The Morgan fingerprint density at radius 1 is 1.56 bits per heavy atom. The average molecular weight is 128 g/mol. The van der Waals surface area contributed by atoms with Gasteiger partial charge in [0.1, 0.15) is 0 Å². The molecule has 0 aromatic rings. The molecule has 0 atom stereocenters. The van der Waals surface area contributed by atoms with Gasteiger partial charge in [0.05, 0.1) is 6.04 Å². The summed E-state index contributed by atoms with van der Waals surface area (Å²) in [4.78, 5) is 0. The van der Waals surface area contributed by atoms with E-state index in [-0.39, 0.29) is 0 Å². The maximum atomic E-state index is 5.52. The van der Waals surface area contributed by atoms with Gasteiger partial charge in [-0.3, -0.25) is 0 Å². The lowest BCUT2D eigenvalue weighted by atomic mass is 10.2. The number of nitrogens with zero attached hydrogens (tertiary/aromatic N) is 1. The molecule has 1 rings (SSSR count). The second-order valence-electron chi connectivity index (χ2n) is 2.10. The van der Waals surface area contributed by atoms with Gasteiger partial charge >= 0.3 is 0 Å². The van der Waals surface area contributed by atoms with Crippen LogP contribution in [0.25, 0.3) is 0 Å². The fourth-order valence-corrected chi connectivity index (χ4v) is 0.705. The Hall–Kier alpha value is -0.740. The van der Waals surface area contributed by atoms with Crippen LogP contribution in [0.5, 0.6) is 0 Å². The van der Waals surface area contributed by atoms with Gasteiger partial charge in [0.15, 0.2) is 0 Å². The van der Waals surface area contributed by atoms with Gasteiger partial charge in [-0.15, -0.1) is 0 Å². The summed E-state index contributed by atoms with van der Waals surface area (Å²) in [7, 11) is 0. The Morgan fingerprint density at radius 2 is 2.22 bits per heavy atom. The smallest absolute Gasteiger partial charge is 0.0695 e. The molecule has 1 aliphatic rings. The molecule has 0 aromatic carbocycles. The van der Waals surface area contributed by atoms with Gasteiger partial charge in [0, 0.05) is 25.5 Å². The number of nitrogens with one attached hydrogen (secondary N) is 1. The van der Waals surface area contributed by atoms with Crippen LogP contribution in [0.15, 0.2) is 12.4 Å². The first-order chi connectivity index (χ1) is 4.34. The van der Waals surface area contributed by atoms with Crippen LogP contribution in [-0.2, 0) is 0 Å². The summed E-state index contributed by atoms with van der Waals surface area (Å²) in [5, 5.41) is 4.73. The monoisotopic (exact) mass is 128 g/mol. The van der Waals surface area contributed by atoms with E-state index in [2.05, 4.69) is 5.32 Å². The molecule has 4 nitrogen and oxygen atoms in total. The molecule has 0 bridgehead atoms. The van der Waals surface area contributed by atoms with Crippen molar-refractivity contribution in [3.05, 3.63) is 12.4 Å². The van der Waals surface area contributed by atoms with E-state index in [4.69, 9.17) is 11.6 Å². The van der Waals surface area contributed by atoms with Crippen LogP contribution in [0, 0.1) is 0 Å². The van der Waals surface area contributed by atoms with Gasteiger partial charge < -0.3 is 16.1 Å². The lowest BCUT2D eigenvalue weighted by molar-refractivity contribution is 0.209. The molecule has 0 saturated carbocycles. The molecule has 1 fully saturated rings. The normalized spacial score (nSPS) is 20.1. The quantitative estimate of drug-likeness (QED) is 0.315. The Bertz CT molecular complexity index is 108. The molecular weight excluding hydrogens is 116 g/mol. The molecule has 1 saturated heterocycles. The highest BCUT2D eigenvalue weighted by molar-refractivity contribution is 4.87. The van der Waals surface area contributed by atoms with E-state index in [1.807, 2.05) is 0 Å². The largest absolute Gasteiger partial charge is 0.403 e. The number of rotatable bonds is 2. The highest BCUT2D eigenvalue weighted by Gasteiger charge is 2.19. The molecule has 0 aromatic heterocycles. The number of hydrogen-bond acceptors (Lipinski definition) is 4. The van der Waals surface area contributed by atoms with Crippen LogP contribution in [0.1, 0.15) is 0 Å². The standard InChI is InChI=1S/C5H12N4/c6-1-2-9(7)5-3-8-4-5/h1-2,5,8H,3-4,6-7H2/b2-1-. The van der Waals surface area contributed by atoms with Crippen molar-refractivity contribution in [2.24, 2.45) is 11.6 Å². The van der Waals surface area contributed by atoms with Crippen molar-refractivity contribution in [3.63, 3.8) is 0 Å². The number of nitrogens with two attached hydrogens (primary N) is 2. The summed E-state index contributed by atoms with van der Waals surface area (Å²) in [5.41, 5.74) is 5.12. The molecule has 0 aliphatic carbocycles. The number of hydrazine groups is 1. The van der Waals surface area contributed by atoms with Gasteiger partial charge in [-0.25, -0.2) is 5.84 Å². The van der Waals surface area contributed by atoms with Crippen molar-refractivity contribution in [1.29, 1.82) is 0 Å². The lowest BCUT2D eigenvalue weighted by Gasteiger charge is -2.33. The van der Waals surface area contributed by atoms with E-state index in [0.29, 0.717) is 6.04 Å². The molecule has 0 amide bonds. The van der Waals surface area contributed by atoms with Crippen LogP contribution in [0.3, 0.4) is 0 Å². The highest BCUT2D eigenvalue weighted by atomic mass is 15.4. The predicted molar refractivity (Wildman–Crippen MR) is 36.0 cm³/mol. The average Bonchev–Trinajstić information content (AvgIpc) is 1.60. The first-order valence-corrected chi connectivity index (χ1v) is 2.96. The first-order valence-electron chi connectivity index (χ1n) is 2.96. The van der Waals surface area contributed by atoms with Crippen LogP contribution < -0.4 is 16.9 Å². The van der Waals surface area contributed by atoms with E-state index < -0.39 is 0 Å². The van der Waals surface area contributed by atoms with E-state index >= 15 is 0 Å². The fourth-order valence-electron chi connectivity index (χ4n) is 0.705. The molecule has 52 valence electrons. The third-order valence-electron chi connectivity index (χ3n) is 1.44. The summed E-state index contributed by atoms with van der Waals surface area (Å²) in [6, 6.07) is 0.435. The summed E-state index contributed by atoms with van der Waals surface area (Å²) in [6.07, 6.45) is 3.11. The van der Waals surface area contributed by atoms with Crippen LogP contribution in [0.2, 0.25) is 0 Å². The highest BCUT2D eigenvalue weighted by Crippen LogP contribution is 1.98. The summed E-state index contributed by atoms with van der Waals surface area (Å²) >= 11 is 0. The Morgan fingerprint density at radius 3 is 2.56 bits per heavy atom. The second kappa shape index (κ2) is 2.70. The van der Waals surface area contributed by atoms with Gasteiger partial charge in [0.25, 0.3) is 0 Å². The summed E-state index contributed by atoms with van der Waals surface area (Å²) < 4.78 is 0. The SMILES string of the molecule is N/C=C\N(N)C1CNC1. The maximum absolute atomic E-state index is 5.52. The van der Waals surface area contributed by atoms with E-state index in [0.717, 1.165) is 13.1 Å². The summed E-state index contributed by atoms with van der Waals surface area (Å²) in [5.74, 6) is 5.52. The van der Waals surface area contributed by atoms with Crippen molar-refractivity contribution < 1.29 is 0 Å². The molecule has 1 heterocycles. The van der Waals surface area contributed by atoms with Gasteiger partial charge in [0.2, 0.25) is 0 Å². The first kappa shape index (κ1) is 6.38. The van der Waals surface area contributed by atoms with Gasteiger partial charge in [-0.1, -0.05) is 0 Å². The third kappa shape index (κ3) is 1.34. The van der Waals surface area contributed by atoms with E-state index in [9.17, 15) is 0 Å². The van der Waals surface area contributed by atoms with Crippen molar-refractivity contribution >= 4 is 0 Å². The molecule has 4 heteroatoms. The van der Waals surface area contributed by atoms with E-state index in [1.165, 1.54) is 6.20 Å². The zero-order chi connectivity index (χ0) is 6.69. The van der Waals surface area contributed by atoms with Crippen molar-refractivity contribution in [2.45, 2.75) is 6.04 Å². The van der Waals surface area contributed by atoms with Gasteiger partial charge in [-0.05, 0) is 0 Å². The molecule has 5 N–H and O–H groups in total. The van der Waals surface area contributed by atoms with Crippen LogP contribution in [0.4, 0.5) is 0 Å². The van der Waals surface area contributed by atoms with Crippen LogP contribution in [-0.4, -0.2) is 24.1 Å². The van der Waals surface area contributed by atoms with E-state index in [1.54, 1.807) is 11.2 Å². The molecule has 1 aliphatic heterocycles. The minimum atomic E-state index is 0.435. The number of hydrogen-bond donors (Lipinski definition) is 3. The molecule has 0 unspecified atom stereocenters. The zero-order valence-electron chi connectivity index (χ0n) is 5.25. The van der Waals surface area contributed by atoms with Gasteiger partial charge in [-0.2, -0.15) is 0 Å². The molecule has 9 heavy (non-hydrogen) atoms. The Kier molecular flexibility index (Phi) is 1.92. The van der Waals surface area contributed by atoms with Crippen molar-refractivity contribution in [3.8, 4) is 0 Å².